The van der Waals surface area contributed by atoms with Crippen molar-refractivity contribution >= 4 is 11.6 Å². The van der Waals surface area contributed by atoms with Crippen molar-refractivity contribution in [3.05, 3.63) is 42.1 Å². The smallest absolute Gasteiger partial charge is 0.224 e. The number of aryl methyl sites for hydroxylation is 1. The molecule has 0 aliphatic carbocycles. The average Bonchev–Trinajstić information content (AvgIpc) is 2.75. The Kier molecular flexibility index (Phi) is 7.30. The lowest BCUT2D eigenvalue weighted by molar-refractivity contribution is -0.116. The second-order valence-corrected chi connectivity index (χ2v) is 7.24. The first-order valence-electron chi connectivity index (χ1n) is 9.89. The number of likely N-dealkylation sites (tertiary alicyclic amines) is 1. The second-order valence-electron chi connectivity index (χ2n) is 7.24. The minimum absolute atomic E-state index is 0.0643. The quantitative estimate of drug-likeness (QED) is 0.735. The summed E-state index contributed by atoms with van der Waals surface area (Å²) in [4.78, 5) is 18.9. The zero-order chi connectivity index (χ0) is 20.6. The lowest BCUT2D eigenvalue weighted by Gasteiger charge is -2.28. The van der Waals surface area contributed by atoms with Gasteiger partial charge in [-0.2, -0.15) is 0 Å². The minimum atomic E-state index is -0.0643. The van der Waals surface area contributed by atoms with Crippen LogP contribution in [0, 0.1) is 0 Å². The number of pyridine rings is 1. The van der Waals surface area contributed by atoms with Gasteiger partial charge in [0.2, 0.25) is 11.8 Å². The third kappa shape index (κ3) is 6.09. The SMILES string of the molecule is COc1ccc(CCC(=O)Nc2ccc(OC3CCN(C)CC3)nc2)cc1OC. The van der Waals surface area contributed by atoms with Gasteiger partial charge in [-0.15, -0.1) is 0 Å². The van der Waals surface area contributed by atoms with Crippen LogP contribution < -0.4 is 19.5 Å². The first-order valence-corrected chi connectivity index (χ1v) is 9.89. The van der Waals surface area contributed by atoms with Crippen molar-refractivity contribution in [3.63, 3.8) is 0 Å². The van der Waals surface area contributed by atoms with Gasteiger partial charge in [0.05, 0.1) is 26.1 Å². The van der Waals surface area contributed by atoms with E-state index < -0.39 is 0 Å². The molecule has 1 N–H and O–H groups in total. The van der Waals surface area contributed by atoms with Crippen molar-refractivity contribution in [3.8, 4) is 17.4 Å². The number of aromatic nitrogens is 1. The van der Waals surface area contributed by atoms with E-state index in [-0.39, 0.29) is 12.0 Å². The highest BCUT2D eigenvalue weighted by molar-refractivity contribution is 5.90. The number of anilines is 1. The number of piperidine rings is 1. The molecule has 7 nitrogen and oxygen atoms in total. The van der Waals surface area contributed by atoms with Gasteiger partial charge in [0, 0.05) is 25.6 Å². The number of hydrogen-bond acceptors (Lipinski definition) is 6. The predicted molar refractivity (Wildman–Crippen MR) is 112 cm³/mol. The summed E-state index contributed by atoms with van der Waals surface area (Å²) in [6, 6.07) is 9.31. The molecule has 0 unspecified atom stereocenters. The number of carbonyl (C=O) groups is 1. The van der Waals surface area contributed by atoms with E-state index in [2.05, 4.69) is 22.2 Å². The molecule has 0 radical (unpaired) electrons. The van der Waals surface area contributed by atoms with Crippen LogP contribution in [0.25, 0.3) is 0 Å². The van der Waals surface area contributed by atoms with Crippen molar-refractivity contribution in [1.29, 1.82) is 0 Å². The van der Waals surface area contributed by atoms with Crippen LogP contribution in [0.5, 0.6) is 17.4 Å². The number of nitrogens with one attached hydrogen (secondary N) is 1. The summed E-state index contributed by atoms with van der Waals surface area (Å²) in [6.45, 7) is 2.08. The summed E-state index contributed by atoms with van der Waals surface area (Å²) in [7, 11) is 5.32. The van der Waals surface area contributed by atoms with Crippen LogP contribution >= 0.6 is 0 Å². The Morgan fingerprint density at radius 3 is 2.55 bits per heavy atom. The molecule has 2 heterocycles. The van der Waals surface area contributed by atoms with Crippen LogP contribution in [-0.4, -0.2) is 56.3 Å². The number of ether oxygens (including phenoxy) is 3. The van der Waals surface area contributed by atoms with E-state index in [1.165, 1.54) is 0 Å². The van der Waals surface area contributed by atoms with Gasteiger partial charge >= 0.3 is 0 Å². The van der Waals surface area contributed by atoms with Crippen LogP contribution in [-0.2, 0) is 11.2 Å². The number of methoxy groups -OCH3 is 2. The molecule has 29 heavy (non-hydrogen) atoms. The van der Waals surface area contributed by atoms with Gasteiger partial charge in [0.25, 0.3) is 0 Å². The molecule has 1 aromatic carbocycles. The van der Waals surface area contributed by atoms with E-state index >= 15 is 0 Å². The number of rotatable bonds is 8. The molecule has 1 fully saturated rings. The van der Waals surface area contributed by atoms with Crippen molar-refractivity contribution in [2.45, 2.75) is 31.8 Å². The molecule has 1 aliphatic rings. The van der Waals surface area contributed by atoms with Crippen molar-refractivity contribution in [2.75, 3.05) is 39.7 Å². The van der Waals surface area contributed by atoms with E-state index in [0.29, 0.717) is 35.9 Å². The molecule has 0 saturated carbocycles. The number of benzene rings is 1. The molecule has 7 heteroatoms. The van der Waals surface area contributed by atoms with E-state index in [4.69, 9.17) is 14.2 Å². The first kappa shape index (κ1) is 20.9. The topological polar surface area (TPSA) is 72.9 Å². The van der Waals surface area contributed by atoms with Crippen LogP contribution in [0.2, 0.25) is 0 Å². The van der Waals surface area contributed by atoms with Crippen molar-refractivity contribution in [1.82, 2.24) is 9.88 Å². The largest absolute Gasteiger partial charge is 0.493 e. The van der Waals surface area contributed by atoms with Gasteiger partial charge < -0.3 is 24.4 Å². The van der Waals surface area contributed by atoms with Crippen LogP contribution in [0.3, 0.4) is 0 Å². The normalized spacial score (nSPS) is 15.0. The minimum Gasteiger partial charge on any atom is -0.493 e. The second kappa shape index (κ2) is 10.1. The fraction of sp³-hybridized carbons (Fsp3) is 0.455. The van der Waals surface area contributed by atoms with Gasteiger partial charge in [-0.3, -0.25) is 4.79 Å². The summed E-state index contributed by atoms with van der Waals surface area (Å²) >= 11 is 0. The lowest BCUT2D eigenvalue weighted by Crippen LogP contribution is -2.35. The maximum absolute atomic E-state index is 12.3. The third-order valence-electron chi connectivity index (χ3n) is 5.06. The zero-order valence-electron chi connectivity index (χ0n) is 17.3. The van der Waals surface area contributed by atoms with E-state index in [0.717, 1.165) is 31.5 Å². The molecule has 2 aromatic rings. The molecule has 0 spiro atoms. The molecular formula is C22H29N3O4. The highest BCUT2D eigenvalue weighted by atomic mass is 16.5. The maximum atomic E-state index is 12.3. The number of amides is 1. The molecule has 0 bridgehead atoms. The van der Waals surface area contributed by atoms with Crippen molar-refractivity contribution in [2.24, 2.45) is 0 Å². The molecule has 0 atom stereocenters. The van der Waals surface area contributed by atoms with E-state index in [9.17, 15) is 4.79 Å². The predicted octanol–water partition coefficient (Wildman–Crippen LogP) is 3.14. The number of carbonyl (C=O) groups excluding carboxylic acids is 1. The molecule has 3 rings (SSSR count). The zero-order valence-corrected chi connectivity index (χ0v) is 17.3. The van der Waals surface area contributed by atoms with Crippen LogP contribution in [0.4, 0.5) is 5.69 Å². The van der Waals surface area contributed by atoms with E-state index in [1.807, 2.05) is 30.3 Å². The summed E-state index contributed by atoms with van der Waals surface area (Å²) in [5.41, 5.74) is 1.68. The Labute approximate surface area is 172 Å². The maximum Gasteiger partial charge on any atom is 0.224 e. The Bertz CT molecular complexity index is 802. The Morgan fingerprint density at radius 2 is 1.90 bits per heavy atom. The third-order valence-corrected chi connectivity index (χ3v) is 5.06. The molecular weight excluding hydrogens is 370 g/mol. The molecule has 1 aliphatic heterocycles. The fourth-order valence-electron chi connectivity index (χ4n) is 3.31. The van der Waals surface area contributed by atoms with Gasteiger partial charge in [-0.1, -0.05) is 6.07 Å². The summed E-state index contributed by atoms with van der Waals surface area (Å²) in [6.07, 6.45) is 4.83. The number of nitrogens with zero attached hydrogens (tertiary/aromatic N) is 2. The van der Waals surface area contributed by atoms with Crippen LogP contribution in [0.1, 0.15) is 24.8 Å². The van der Waals surface area contributed by atoms with Crippen molar-refractivity contribution < 1.29 is 19.0 Å². The van der Waals surface area contributed by atoms with Gasteiger partial charge in [0.15, 0.2) is 11.5 Å². The monoisotopic (exact) mass is 399 g/mol. The molecule has 156 valence electrons. The van der Waals surface area contributed by atoms with Gasteiger partial charge in [0.1, 0.15) is 6.10 Å². The standard InChI is InChI=1S/C22H29N3O4/c1-25-12-10-18(11-13-25)29-22-9-6-17(15-23-22)24-21(26)8-5-16-4-7-19(27-2)20(14-16)28-3/h4,6-7,9,14-15,18H,5,8,10-13H2,1-3H3,(H,24,26). The molecule has 1 aromatic heterocycles. The van der Waals surface area contributed by atoms with Gasteiger partial charge in [-0.25, -0.2) is 4.98 Å². The van der Waals surface area contributed by atoms with Gasteiger partial charge in [-0.05, 0) is 50.1 Å². The summed E-state index contributed by atoms with van der Waals surface area (Å²) in [5.74, 6) is 1.87. The molecule has 1 saturated heterocycles. The highest BCUT2D eigenvalue weighted by Gasteiger charge is 2.18. The Morgan fingerprint density at radius 1 is 1.14 bits per heavy atom. The lowest BCUT2D eigenvalue weighted by atomic mass is 10.1. The summed E-state index contributed by atoms with van der Waals surface area (Å²) < 4.78 is 16.5. The average molecular weight is 399 g/mol. The van der Waals surface area contributed by atoms with E-state index in [1.54, 1.807) is 20.4 Å². The fourth-order valence-corrected chi connectivity index (χ4v) is 3.31. The summed E-state index contributed by atoms with van der Waals surface area (Å²) in [5, 5.41) is 2.88. The first-order chi connectivity index (χ1) is 14.1. The van der Waals surface area contributed by atoms with Crippen LogP contribution in [0.15, 0.2) is 36.5 Å². The Balaban J connectivity index is 1.47. The Hall–Kier alpha value is -2.80. The highest BCUT2D eigenvalue weighted by Crippen LogP contribution is 2.28. The number of hydrogen-bond donors (Lipinski definition) is 1. The molecule has 1 amide bonds.